The van der Waals surface area contributed by atoms with Gasteiger partial charge < -0.3 is 10.0 Å². The van der Waals surface area contributed by atoms with Crippen LogP contribution in [0.15, 0.2) is 18.2 Å². The molecule has 1 saturated heterocycles. The summed E-state index contributed by atoms with van der Waals surface area (Å²) in [7, 11) is 0. The SMILES string of the molecule is CC(C(=O)O)C1CN(C(=O)Cc2c(F)cccc2Cl)C1. The first-order chi connectivity index (χ1) is 9.40. The van der Waals surface area contributed by atoms with Gasteiger partial charge in [0.05, 0.1) is 12.3 Å². The molecule has 0 spiro atoms. The molecule has 1 N–H and O–H groups in total. The largest absolute Gasteiger partial charge is 0.481 e. The molecule has 1 aromatic carbocycles. The zero-order chi connectivity index (χ0) is 14.9. The average Bonchev–Trinajstić information content (AvgIpc) is 2.32. The number of likely N-dealkylation sites (tertiary alicyclic amines) is 1. The maximum atomic E-state index is 13.6. The smallest absolute Gasteiger partial charge is 0.306 e. The molecular weight excluding hydrogens is 285 g/mol. The summed E-state index contributed by atoms with van der Waals surface area (Å²) in [5.41, 5.74) is 0.189. The molecule has 20 heavy (non-hydrogen) atoms. The Bertz CT molecular complexity index is 523. The molecule has 0 saturated carbocycles. The van der Waals surface area contributed by atoms with Crippen LogP contribution in [0.4, 0.5) is 4.39 Å². The van der Waals surface area contributed by atoms with Crippen molar-refractivity contribution in [3.63, 3.8) is 0 Å². The number of amides is 1. The highest BCUT2D eigenvalue weighted by Crippen LogP contribution is 2.26. The highest BCUT2D eigenvalue weighted by molar-refractivity contribution is 6.31. The van der Waals surface area contributed by atoms with Crippen LogP contribution in [0.25, 0.3) is 0 Å². The minimum atomic E-state index is -0.862. The van der Waals surface area contributed by atoms with Crippen LogP contribution in [0.2, 0.25) is 5.02 Å². The quantitative estimate of drug-likeness (QED) is 0.927. The van der Waals surface area contributed by atoms with Crippen LogP contribution >= 0.6 is 11.6 Å². The van der Waals surface area contributed by atoms with Crippen LogP contribution < -0.4 is 0 Å². The minimum absolute atomic E-state index is 0.0347. The molecule has 1 atom stereocenters. The molecule has 1 fully saturated rings. The van der Waals surface area contributed by atoms with Gasteiger partial charge >= 0.3 is 5.97 Å². The molecule has 1 unspecified atom stereocenters. The van der Waals surface area contributed by atoms with Crippen molar-refractivity contribution in [2.75, 3.05) is 13.1 Å². The molecule has 0 aliphatic carbocycles. The third-order valence-electron chi connectivity index (χ3n) is 3.75. The number of hydrogen-bond donors (Lipinski definition) is 1. The van der Waals surface area contributed by atoms with E-state index in [-0.39, 0.29) is 28.8 Å². The summed E-state index contributed by atoms with van der Waals surface area (Å²) in [5, 5.41) is 9.11. The number of nitrogens with zero attached hydrogens (tertiary/aromatic N) is 1. The molecule has 6 heteroatoms. The fourth-order valence-corrected chi connectivity index (χ4v) is 2.43. The van der Waals surface area contributed by atoms with Gasteiger partial charge in [-0.25, -0.2) is 4.39 Å². The van der Waals surface area contributed by atoms with Crippen molar-refractivity contribution in [3.05, 3.63) is 34.6 Å². The number of aliphatic carboxylic acids is 1. The number of carboxylic acids is 1. The van der Waals surface area contributed by atoms with Gasteiger partial charge in [-0.05, 0) is 12.1 Å². The Morgan fingerprint density at radius 3 is 2.70 bits per heavy atom. The van der Waals surface area contributed by atoms with Gasteiger partial charge in [0.15, 0.2) is 0 Å². The second-order valence-electron chi connectivity index (χ2n) is 5.06. The number of carbonyl (C=O) groups is 2. The van der Waals surface area contributed by atoms with Gasteiger partial charge in [-0.3, -0.25) is 9.59 Å². The van der Waals surface area contributed by atoms with E-state index >= 15 is 0 Å². The Hall–Kier alpha value is -1.62. The Kier molecular flexibility index (Phi) is 4.28. The van der Waals surface area contributed by atoms with E-state index in [2.05, 4.69) is 0 Å². The van der Waals surface area contributed by atoms with Crippen LogP contribution in [0.1, 0.15) is 12.5 Å². The summed E-state index contributed by atoms with van der Waals surface area (Å²) >= 11 is 5.87. The zero-order valence-electron chi connectivity index (χ0n) is 11.0. The highest BCUT2D eigenvalue weighted by Gasteiger charge is 2.37. The summed E-state index contributed by atoms with van der Waals surface area (Å²) in [6.45, 7) is 2.43. The van der Waals surface area contributed by atoms with Gasteiger partial charge in [0.2, 0.25) is 5.91 Å². The second kappa shape index (κ2) is 5.79. The summed E-state index contributed by atoms with van der Waals surface area (Å²) < 4.78 is 13.6. The zero-order valence-corrected chi connectivity index (χ0v) is 11.7. The summed E-state index contributed by atoms with van der Waals surface area (Å²) in [4.78, 5) is 24.3. The van der Waals surface area contributed by atoms with Crippen molar-refractivity contribution in [3.8, 4) is 0 Å². The first kappa shape index (κ1) is 14.8. The van der Waals surface area contributed by atoms with Crippen LogP contribution in [-0.4, -0.2) is 35.0 Å². The van der Waals surface area contributed by atoms with Crippen molar-refractivity contribution in [1.29, 1.82) is 0 Å². The van der Waals surface area contributed by atoms with E-state index in [0.29, 0.717) is 13.1 Å². The van der Waals surface area contributed by atoms with E-state index in [4.69, 9.17) is 16.7 Å². The Labute approximate surface area is 121 Å². The molecule has 2 rings (SSSR count). The van der Waals surface area contributed by atoms with E-state index in [9.17, 15) is 14.0 Å². The molecule has 1 aliphatic rings. The lowest BCUT2D eigenvalue weighted by Gasteiger charge is -2.41. The van der Waals surface area contributed by atoms with Gasteiger partial charge in [0, 0.05) is 29.6 Å². The van der Waals surface area contributed by atoms with Gasteiger partial charge in [-0.1, -0.05) is 24.6 Å². The van der Waals surface area contributed by atoms with Gasteiger partial charge in [-0.2, -0.15) is 0 Å². The first-order valence-electron chi connectivity index (χ1n) is 6.33. The molecule has 0 bridgehead atoms. The molecule has 1 heterocycles. The molecule has 1 amide bonds. The third kappa shape index (κ3) is 2.93. The predicted octanol–water partition coefficient (Wildman–Crippen LogP) is 2.20. The highest BCUT2D eigenvalue weighted by atomic mass is 35.5. The van der Waals surface area contributed by atoms with Crippen LogP contribution in [0, 0.1) is 17.7 Å². The lowest BCUT2D eigenvalue weighted by Crippen LogP contribution is -2.54. The Morgan fingerprint density at radius 1 is 1.50 bits per heavy atom. The topological polar surface area (TPSA) is 57.6 Å². The number of halogens is 2. The molecule has 1 aliphatic heterocycles. The van der Waals surface area contributed by atoms with Gasteiger partial charge in [0.25, 0.3) is 0 Å². The monoisotopic (exact) mass is 299 g/mol. The van der Waals surface area contributed by atoms with Gasteiger partial charge in [-0.15, -0.1) is 0 Å². The predicted molar refractivity (Wildman–Crippen MR) is 72.0 cm³/mol. The molecule has 1 aromatic rings. The number of carbonyl (C=O) groups excluding carboxylic acids is 1. The standard InChI is InChI=1S/C14H15ClFNO3/c1-8(14(19)20)9-6-17(7-9)13(18)5-10-11(15)3-2-4-12(10)16/h2-4,8-9H,5-7H2,1H3,(H,19,20). The van der Waals surface area contributed by atoms with E-state index in [1.807, 2.05) is 0 Å². The van der Waals surface area contributed by atoms with E-state index in [0.717, 1.165) is 0 Å². The second-order valence-corrected chi connectivity index (χ2v) is 5.47. The Balaban J connectivity index is 1.94. The van der Waals surface area contributed by atoms with E-state index < -0.39 is 17.7 Å². The van der Waals surface area contributed by atoms with E-state index in [1.54, 1.807) is 13.0 Å². The third-order valence-corrected chi connectivity index (χ3v) is 4.10. The fraction of sp³-hybridized carbons (Fsp3) is 0.429. The molecule has 0 radical (unpaired) electrons. The number of carboxylic acid groups (broad SMARTS) is 1. The van der Waals surface area contributed by atoms with Crippen molar-refractivity contribution < 1.29 is 19.1 Å². The lowest BCUT2D eigenvalue weighted by molar-refractivity contribution is -0.150. The van der Waals surface area contributed by atoms with Crippen molar-refractivity contribution in [2.24, 2.45) is 11.8 Å². The Morgan fingerprint density at radius 2 is 2.15 bits per heavy atom. The summed E-state index contributed by atoms with van der Waals surface area (Å²) in [5.74, 6) is -2.10. The average molecular weight is 300 g/mol. The maximum absolute atomic E-state index is 13.6. The molecule has 4 nitrogen and oxygen atoms in total. The number of hydrogen-bond acceptors (Lipinski definition) is 2. The summed E-state index contributed by atoms with van der Waals surface area (Å²) in [6.07, 6.45) is -0.0975. The minimum Gasteiger partial charge on any atom is -0.481 e. The lowest BCUT2D eigenvalue weighted by atomic mass is 9.86. The van der Waals surface area contributed by atoms with Crippen LogP contribution in [0.3, 0.4) is 0 Å². The van der Waals surface area contributed by atoms with Crippen LogP contribution in [-0.2, 0) is 16.0 Å². The molecule has 108 valence electrons. The molecular formula is C14H15ClFNO3. The maximum Gasteiger partial charge on any atom is 0.306 e. The molecule has 0 aromatic heterocycles. The van der Waals surface area contributed by atoms with Crippen LogP contribution in [0.5, 0.6) is 0 Å². The van der Waals surface area contributed by atoms with Crippen molar-refractivity contribution >= 4 is 23.5 Å². The number of rotatable bonds is 4. The summed E-state index contributed by atoms with van der Waals surface area (Å²) in [6, 6.07) is 4.29. The first-order valence-corrected chi connectivity index (χ1v) is 6.71. The normalized spacial score (nSPS) is 16.6. The fourth-order valence-electron chi connectivity index (χ4n) is 2.20. The van der Waals surface area contributed by atoms with Crippen molar-refractivity contribution in [1.82, 2.24) is 4.90 Å². The van der Waals surface area contributed by atoms with Crippen molar-refractivity contribution in [2.45, 2.75) is 13.3 Å². The van der Waals surface area contributed by atoms with Gasteiger partial charge in [0.1, 0.15) is 5.82 Å². The van der Waals surface area contributed by atoms with E-state index in [1.165, 1.54) is 17.0 Å². The number of benzene rings is 1.